The lowest BCUT2D eigenvalue weighted by Gasteiger charge is -2.20. The molecule has 6 heteroatoms. The van der Waals surface area contributed by atoms with Crippen LogP contribution in [0.5, 0.6) is 5.75 Å². The van der Waals surface area contributed by atoms with Crippen LogP contribution < -0.4 is 4.74 Å². The van der Waals surface area contributed by atoms with Gasteiger partial charge in [-0.15, -0.1) is 0 Å². The zero-order chi connectivity index (χ0) is 12.6. The number of aliphatic carboxylic acids is 1. The Balaban J connectivity index is 2.53. The molecule has 90 valence electrons. The maximum atomic E-state index is 12.6. The molecule has 0 fully saturated rings. The zero-order valence-electron chi connectivity index (χ0n) is 8.41. The van der Waals surface area contributed by atoms with E-state index in [-0.39, 0.29) is 23.5 Å². The summed E-state index contributed by atoms with van der Waals surface area (Å²) in [5.74, 6) is -1.52. The van der Waals surface area contributed by atoms with Crippen molar-refractivity contribution >= 4 is 12.0 Å². The van der Waals surface area contributed by atoms with Crippen molar-refractivity contribution in [3.8, 4) is 5.75 Å². The number of hydrogen-bond acceptors (Lipinski definition) is 2. The summed E-state index contributed by atoms with van der Waals surface area (Å²) in [6, 6.07) is 3.50. The molecule has 2 rings (SSSR count). The average Bonchev–Trinajstić information content (AvgIpc) is 2.26. The van der Waals surface area contributed by atoms with Gasteiger partial charge in [0.1, 0.15) is 12.4 Å². The Kier molecular flexibility index (Phi) is 2.57. The first-order valence-electron chi connectivity index (χ1n) is 4.66. The van der Waals surface area contributed by atoms with Crippen LogP contribution in [-0.2, 0) is 11.0 Å². The highest BCUT2D eigenvalue weighted by Gasteiger charge is 2.36. The van der Waals surface area contributed by atoms with E-state index in [1.165, 1.54) is 18.2 Å². The predicted molar refractivity (Wildman–Crippen MR) is 52.6 cm³/mol. The van der Waals surface area contributed by atoms with Crippen molar-refractivity contribution in [1.29, 1.82) is 0 Å². The molecule has 0 amide bonds. The lowest BCUT2D eigenvalue weighted by Crippen LogP contribution is -2.17. The summed E-state index contributed by atoms with van der Waals surface area (Å²) >= 11 is 0. The molecular formula is C11H7F3O3. The van der Waals surface area contributed by atoms with Crippen molar-refractivity contribution < 1.29 is 27.8 Å². The molecule has 1 aliphatic heterocycles. The molecule has 0 aliphatic carbocycles. The van der Waals surface area contributed by atoms with E-state index in [4.69, 9.17) is 9.84 Å². The van der Waals surface area contributed by atoms with Gasteiger partial charge in [0.05, 0.1) is 11.1 Å². The molecule has 0 bridgehead atoms. The standard InChI is InChI=1S/C11H7F3O3/c12-11(13,14)8-3-1-2-6-4-7(10(15)16)5-17-9(6)8/h1-4H,5H2,(H,15,16). The monoisotopic (exact) mass is 244 g/mol. The first kappa shape index (κ1) is 11.5. The first-order chi connectivity index (χ1) is 7.89. The average molecular weight is 244 g/mol. The van der Waals surface area contributed by atoms with Gasteiger partial charge in [-0.2, -0.15) is 13.2 Å². The van der Waals surface area contributed by atoms with E-state index in [1.807, 2.05) is 0 Å². The second-order valence-corrected chi connectivity index (χ2v) is 3.49. The van der Waals surface area contributed by atoms with Gasteiger partial charge in [-0.3, -0.25) is 0 Å². The summed E-state index contributed by atoms with van der Waals surface area (Å²) in [5, 5.41) is 8.72. The highest BCUT2D eigenvalue weighted by atomic mass is 19.4. The number of rotatable bonds is 1. The molecule has 17 heavy (non-hydrogen) atoms. The highest BCUT2D eigenvalue weighted by molar-refractivity contribution is 5.93. The summed E-state index contributed by atoms with van der Waals surface area (Å²) < 4.78 is 42.7. The second-order valence-electron chi connectivity index (χ2n) is 3.49. The van der Waals surface area contributed by atoms with Gasteiger partial charge < -0.3 is 9.84 Å². The molecule has 3 nitrogen and oxygen atoms in total. The molecule has 1 aromatic rings. The Bertz CT molecular complexity index is 503. The minimum absolute atomic E-state index is 0.0724. The van der Waals surface area contributed by atoms with E-state index in [2.05, 4.69) is 0 Å². The van der Waals surface area contributed by atoms with Crippen molar-refractivity contribution in [3.63, 3.8) is 0 Å². The summed E-state index contributed by atoms with van der Waals surface area (Å²) in [5.41, 5.74) is -0.837. The van der Waals surface area contributed by atoms with Crippen LogP contribution in [0.25, 0.3) is 6.08 Å². The Hall–Kier alpha value is -1.98. The van der Waals surface area contributed by atoms with E-state index >= 15 is 0 Å². The number of ether oxygens (including phenoxy) is 1. The Labute approximate surface area is 94.1 Å². The van der Waals surface area contributed by atoms with Crippen LogP contribution in [-0.4, -0.2) is 17.7 Å². The Morgan fingerprint density at radius 1 is 1.35 bits per heavy atom. The summed E-state index contributed by atoms with van der Waals surface area (Å²) in [4.78, 5) is 10.7. The van der Waals surface area contributed by atoms with Crippen LogP contribution in [0, 0.1) is 0 Å². The fourth-order valence-electron chi connectivity index (χ4n) is 1.56. The van der Waals surface area contributed by atoms with Crippen molar-refractivity contribution in [3.05, 3.63) is 34.9 Å². The topological polar surface area (TPSA) is 46.5 Å². The fourth-order valence-corrected chi connectivity index (χ4v) is 1.56. The van der Waals surface area contributed by atoms with Gasteiger partial charge >= 0.3 is 12.1 Å². The van der Waals surface area contributed by atoms with Gasteiger partial charge in [0.15, 0.2) is 0 Å². The smallest absolute Gasteiger partial charge is 0.419 e. The van der Waals surface area contributed by atoms with Gasteiger partial charge in [-0.1, -0.05) is 12.1 Å². The Morgan fingerprint density at radius 3 is 2.65 bits per heavy atom. The van der Waals surface area contributed by atoms with Gasteiger partial charge in [-0.25, -0.2) is 4.79 Å². The number of benzene rings is 1. The Morgan fingerprint density at radius 2 is 2.06 bits per heavy atom. The largest absolute Gasteiger partial charge is 0.487 e. The minimum atomic E-state index is -4.51. The lowest BCUT2D eigenvalue weighted by atomic mass is 10.0. The van der Waals surface area contributed by atoms with Crippen molar-refractivity contribution in [2.45, 2.75) is 6.18 Å². The number of carboxylic acids is 1. The number of hydrogen-bond donors (Lipinski definition) is 1. The number of carboxylic acid groups (broad SMARTS) is 1. The van der Waals surface area contributed by atoms with Crippen molar-refractivity contribution in [2.24, 2.45) is 0 Å². The van der Waals surface area contributed by atoms with Gasteiger partial charge in [-0.05, 0) is 12.1 Å². The van der Waals surface area contributed by atoms with Crippen LogP contribution in [0.1, 0.15) is 11.1 Å². The summed E-state index contributed by atoms with van der Waals surface area (Å²) in [7, 11) is 0. The molecule has 0 saturated carbocycles. The van der Waals surface area contributed by atoms with E-state index in [9.17, 15) is 18.0 Å². The minimum Gasteiger partial charge on any atom is -0.487 e. The molecule has 0 radical (unpaired) electrons. The normalized spacial score (nSPS) is 14.6. The van der Waals surface area contributed by atoms with Crippen LogP contribution in [0.2, 0.25) is 0 Å². The zero-order valence-corrected chi connectivity index (χ0v) is 8.41. The first-order valence-corrected chi connectivity index (χ1v) is 4.66. The molecule has 1 aromatic carbocycles. The van der Waals surface area contributed by atoms with E-state index in [1.54, 1.807) is 0 Å². The lowest BCUT2D eigenvalue weighted by molar-refractivity contribution is -0.138. The number of fused-ring (bicyclic) bond motifs is 1. The van der Waals surface area contributed by atoms with E-state index < -0.39 is 17.7 Å². The van der Waals surface area contributed by atoms with Crippen LogP contribution >= 0.6 is 0 Å². The summed E-state index contributed by atoms with van der Waals surface area (Å²) in [6.07, 6.45) is -3.32. The third-order valence-electron chi connectivity index (χ3n) is 2.33. The van der Waals surface area contributed by atoms with E-state index in [0.29, 0.717) is 0 Å². The van der Waals surface area contributed by atoms with Crippen molar-refractivity contribution in [1.82, 2.24) is 0 Å². The third-order valence-corrected chi connectivity index (χ3v) is 2.33. The highest BCUT2D eigenvalue weighted by Crippen LogP contribution is 2.40. The molecule has 0 unspecified atom stereocenters. The number of alkyl halides is 3. The maximum Gasteiger partial charge on any atom is 0.419 e. The molecule has 0 saturated heterocycles. The molecule has 1 aliphatic rings. The van der Waals surface area contributed by atoms with Crippen LogP contribution in [0.15, 0.2) is 23.8 Å². The molecular weight excluding hydrogens is 237 g/mol. The molecule has 1 N–H and O–H groups in total. The van der Waals surface area contributed by atoms with Crippen LogP contribution in [0.3, 0.4) is 0 Å². The number of carbonyl (C=O) groups is 1. The van der Waals surface area contributed by atoms with Gasteiger partial charge in [0.25, 0.3) is 0 Å². The fraction of sp³-hybridized carbons (Fsp3) is 0.182. The van der Waals surface area contributed by atoms with Crippen molar-refractivity contribution in [2.75, 3.05) is 6.61 Å². The summed E-state index contributed by atoms with van der Waals surface area (Å²) in [6.45, 7) is -0.366. The molecule has 0 spiro atoms. The van der Waals surface area contributed by atoms with Gasteiger partial charge in [0.2, 0.25) is 0 Å². The maximum absolute atomic E-state index is 12.6. The second kappa shape index (κ2) is 3.80. The molecule has 0 aromatic heterocycles. The molecule has 1 heterocycles. The quantitative estimate of drug-likeness (QED) is 0.825. The predicted octanol–water partition coefficient (Wildman–Crippen LogP) is 2.57. The molecule has 0 atom stereocenters. The van der Waals surface area contributed by atoms with Crippen LogP contribution in [0.4, 0.5) is 13.2 Å². The SMILES string of the molecule is O=C(O)C1=Cc2cccc(C(F)(F)F)c2OC1. The van der Waals surface area contributed by atoms with Gasteiger partial charge in [0, 0.05) is 5.56 Å². The number of para-hydroxylation sites is 1. The third kappa shape index (κ3) is 2.11. The van der Waals surface area contributed by atoms with E-state index in [0.717, 1.165) is 6.07 Å². The number of halogens is 3.